The van der Waals surface area contributed by atoms with E-state index in [1.807, 2.05) is 12.1 Å². The first-order valence-corrected chi connectivity index (χ1v) is 12.4. The van der Waals surface area contributed by atoms with Crippen molar-refractivity contribution in [3.8, 4) is 16.9 Å². The Morgan fingerprint density at radius 2 is 1.70 bits per heavy atom. The molecule has 0 unspecified atom stereocenters. The van der Waals surface area contributed by atoms with Gasteiger partial charge in [0.25, 0.3) is 5.91 Å². The average Bonchev–Trinajstić information content (AvgIpc) is 3.27. The van der Waals surface area contributed by atoms with Crippen molar-refractivity contribution in [1.82, 2.24) is 20.1 Å². The number of aryl methyl sites for hydroxylation is 1. The van der Waals surface area contributed by atoms with Gasteiger partial charge in [-0.3, -0.25) is 4.79 Å². The van der Waals surface area contributed by atoms with E-state index >= 15 is 0 Å². The van der Waals surface area contributed by atoms with E-state index in [1.165, 1.54) is 35.4 Å². The van der Waals surface area contributed by atoms with Crippen LogP contribution in [0.25, 0.3) is 16.9 Å². The number of rotatable bonds is 7. The van der Waals surface area contributed by atoms with Crippen LogP contribution >= 0.6 is 0 Å². The quantitative estimate of drug-likeness (QED) is 0.543. The summed E-state index contributed by atoms with van der Waals surface area (Å²) in [5.74, 6) is 0.0136. The zero-order valence-corrected chi connectivity index (χ0v) is 19.4. The van der Waals surface area contributed by atoms with E-state index in [9.17, 15) is 4.79 Å². The Labute approximate surface area is 196 Å². The van der Waals surface area contributed by atoms with Gasteiger partial charge in [-0.1, -0.05) is 30.3 Å². The Kier molecular flexibility index (Phi) is 6.89. The summed E-state index contributed by atoms with van der Waals surface area (Å²) in [4.78, 5) is 15.1. The van der Waals surface area contributed by atoms with Crippen molar-refractivity contribution < 1.29 is 4.79 Å². The summed E-state index contributed by atoms with van der Waals surface area (Å²) in [6.07, 6.45) is 5.74. The van der Waals surface area contributed by atoms with Crippen molar-refractivity contribution >= 4 is 5.91 Å². The highest BCUT2D eigenvalue weighted by Gasteiger charge is 2.20. The second-order valence-electron chi connectivity index (χ2n) is 9.16. The molecule has 1 saturated heterocycles. The van der Waals surface area contributed by atoms with Crippen molar-refractivity contribution in [3.05, 3.63) is 77.5 Å². The summed E-state index contributed by atoms with van der Waals surface area (Å²) in [6.45, 7) is 6.09. The zero-order valence-electron chi connectivity index (χ0n) is 19.4. The maximum atomic E-state index is 12.7. The molecule has 0 bridgehead atoms. The summed E-state index contributed by atoms with van der Waals surface area (Å²) in [5.41, 5.74) is 7.22. The molecule has 0 saturated carbocycles. The van der Waals surface area contributed by atoms with Gasteiger partial charge < -0.3 is 20.1 Å². The van der Waals surface area contributed by atoms with E-state index in [4.69, 9.17) is 0 Å². The van der Waals surface area contributed by atoms with Crippen LogP contribution in [0, 0.1) is 0 Å². The van der Waals surface area contributed by atoms with Gasteiger partial charge in [-0.2, -0.15) is 0 Å². The summed E-state index contributed by atoms with van der Waals surface area (Å²) in [5, 5.41) is 6.47. The van der Waals surface area contributed by atoms with Gasteiger partial charge in [0, 0.05) is 49.7 Å². The third kappa shape index (κ3) is 5.05. The van der Waals surface area contributed by atoms with Crippen LogP contribution in [-0.2, 0) is 12.8 Å². The lowest BCUT2D eigenvalue weighted by Gasteiger charge is -2.27. The Hall–Kier alpha value is -2.89. The summed E-state index contributed by atoms with van der Waals surface area (Å²) in [6, 6.07) is 21.1. The molecule has 3 aromatic rings. The van der Waals surface area contributed by atoms with Crippen molar-refractivity contribution in [2.75, 3.05) is 39.3 Å². The van der Waals surface area contributed by atoms with Gasteiger partial charge in [-0.25, -0.2) is 0 Å². The molecule has 0 spiro atoms. The van der Waals surface area contributed by atoms with E-state index in [1.54, 1.807) is 0 Å². The molecule has 172 valence electrons. The van der Waals surface area contributed by atoms with Gasteiger partial charge in [-0.15, -0.1) is 0 Å². The Morgan fingerprint density at radius 3 is 2.48 bits per heavy atom. The first-order valence-electron chi connectivity index (χ1n) is 12.4. The lowest BCUT2D eigenvalue weighted by atomic mass is 9.98. The Balaban J connectivity index is 1.28. The molecular weight excluding hydrogens is 408 g/mol. The average molecular weight is 443 g/mol. The maximum absolute atomic E-state index is 12.7. The zero-order chi connectivity index (χ0) is 22.5. The number of carbonyl (C=O) groups excluding carboxylic acids is 1. The van der Waals surface area contributed by atoms with Crippen LogP contribution in [0.15, 0.2) is 60.7 Å². The number of nitrogens with zero attached hydrogens (tertiary/aromatic N) is 2. The number of carbonyl (C=O) groups is 1. The SMILES string of the molecule is O=C(NCCCN1CCNCC1)c1ccc(-n2c(-c3ccccc3)cc3c2CCCC3)cc1. The van der Waals surface area contributed by atoms with Crippen molar-refractivity contribution in [1.29, 1.82) is 0 Å². The predicted molar refractivity (Wildman–Crippen MR) is 134 cm³/mol. The lowest BCUT2D eigenvalue weighted by Crippen LogP contribution is -2.44. The van der Waals surface area contributed by atoms with Crippen LogP contribution in [0.4, 0.5) is 0 Å². The van der Waals surface area contributed by atoms with Crippen LogP contribution in [0.5, 0.6) is 0 Å². The maximum Gasteiger partial charge on any atom is 0.251 e. The minimum absolute atomic E-state index is 0.0136. The van der Waals surface area contributed by atoms with Gasteiger partial charge in [-0.05, 0) is 80.1 Å². The Bertz CT molecular complexity index is 1070. The molecule has 0 radical (unpaired) electrons. The largest absolute Gasteiger partial charge is 0.352 e. The topological polar surface area (TPSA) is 49.3 Å². The summed E-state index contributed by atoms with van der Waals surface area (Å²) < 4.78 is 2.40. The number of benzene rings is 2. The highest BCUT2D eigenvalue weighted by atomic mass is 16.1. The van der Waals surface area contributed by atoms with E-state index in [0.717, 1.165) is 63.2 Å². The highest BCUT2D eigenvalue weighted by Crippen LogP contribution is 2.33. The molecule has 1 aliphatic heterocycles. The molecule has 2 aliphatic rings. The third-order valence-electron chi connectivity index (χ3n) is 6.91. The number of aromatic nitrogens is 1. The fraction of sp³-hybridized carbons (Fsp3) is 0.393. The van der Waals surface area contributed by atoms with Crippen molar-refractivity contribution in [2.45, 2.75) is 32.1 Å². The number of fused-ring (bicyclic) bond motifs is 1. The first-order chi connectivity index (χ1) is 16.3. The van der Waals surface area contributed by atoms with Crippen LogP contribution in [0.1, 0.15) is 40.9 Å². The molecular formula is C28H34N4O. The monoisotopic (exact) mass is 442 g/mol. The van der Waals surface area contributed by atoms with E-state index in [2.05, 4.69) is 68.6 Å². The minimum Gasteiger partial charge on any atom is -0.352 e. The molecule has 5 heteroatoms. The smallest absolute Gasteiger partial charge is 0.251 e. The third-order valence-corrected chi connectivity index (χ3v) is 6.91. The molecule has 5 rings (SSSR count). The molecule has 1 aliphatic carbocycles. The van der Waals surface area contributed by atoms with Gasteiger partial charge in [0.05, 0.1) is 5.69 Å². The second-order valence-corrected chi connectivity index (χ2v) is 9.16. The molecule has 2 aromatic carbocycles. The van der Waals surface area contributed by atoms with Crippen LogP contribution in [0.3, 0.4) is 0 Å². The van der Waals surface area contributed by atoms with Crippen LogP contribution in [-0.4, -0.2) is 54.6 Å². The highest BCUT2D eigenvalue weighted by molar-refractivity contribution is 5.94. The number of hydrogen-bond donors (Lipinski definition) is 2. The number of nitrogens with one attached hydrogen (secondary N) is 2. The number of hydrogen-bond acceptors (Lipinski definition) is 3. The molecule has 2 N–H and O–H groups in total. The van der Waals surface area contributed by atoms with Gasteiger partial charge >= 0.3 is 0 Å². The summed E-state index contributed by atoms with van der Waals surface area (Å²) >= 11 is 0. The standard InChI is InChI=1S/C28H34N4O/c33-28(30-15-6-18-31-19-16-29-17-20-31)23-11-13-25(14-12-23)32-26-10-5-4-9-24(26)21-27(32)22-7-2-1-3-8-22/h1-3,7-8,11-14,21,29H,4-6,9-10,15-20H2,(H,30,33). The fourth-order valence-electron chi connectivity index (χ4n) is 5.12. The normalized spacial score (nSPS) is 16.4. The number of amides is 1. The molecule has 0 atom stereocenters. The van der Waals surface area contributed by atoms with Crippen molar-refractivity contribution in [3.63, 3.8) is 0 Å². The minimum atomic E-state index is 0.0136. The number of piperazine rings is 1. The lowest BCUT2D eigenvalue weighted by molar-refractivity contribution is 0.0951. The van der Waals surface area contributed by atoms with Crippen LogP contribution in [0.2, 0.25) is 0 Å². The van der Waals surface area contributed by atoms with Crippen molar-refractivity contribution in [2.24, 2.45) is 0 Å². The van der Waals surface area contributed by atoms with Gasteiger partial charge in [0.1, 0.15) is 0 Å². The molecule has 1 fully saturated rings. The molecule has 1 amide bonds. The van der Waals surface area contributed by atoms with E-state index in [0.29, 0.717) is 6.54 Å². The predicted octanol–water partition coefficient (Wildman–Crippen LogP) is 4.05. The van der Waals surface area contributed by atoms with E-state index in [-0.39, 0.29) is 5.91 Å². The van der Waals surface area contributed by atoms with E-state index < -0.39 is 0 Å². The summed E-state index contributed by atoms with van der Waals surface area (Å²) in [7, 11) is 0. The van der Waals surface area contributed by atoms with Crippen LogP contribution < -0.4 is 10.6 Å². The van der Waals surface area contributed by atoms with Gasteiger partial charge in [0.2, 0.25) is 0 Å². The fourth-order valence-corrected chi connectivity index (χ4v) is 5.12. The second kappa shape index (κ2) is 10.4. The molecule has 1 aromatic heterocycles. The first kappa shape index (κ1) is 21.9. The molecule has 33 heavy (non-hydrogen) atoms. The molecule has 5 nitrogen and oxygen atoms in total. The van der Waals surface area contributed by atoms with Gasteiger partial charge in [0.15, 0.2) is 0 Å². The Morgan fingerprint density at radius 1 is 0.939 bits per heavy atom. The molecule has 2 heterocycles.